The highest BCUT2D eigenvalue weighted by molar-refractivity contribution is 7.89. The van der Waals surface area contributed by atoms with Crippen LogP contribution in [0.15, 0.2) is 34.7 Å². The zero-order valence-corrected chi connectivity index (χ0v) is 16.6. The van der Waals surface area contributed by atoms with Gasteiger partial charge in [0.25, 0.3) is 0 Å². The first kappa shape index (κ1) is 21.2. The Morgan fingerprint density at radius 3 is 2.32 bits per heavy atom. The lowest BCUT2D eigenvalue weighted by atomic mass is 10.2. The van der Waals surface area contributed by atoms with Gasteiger partial charge in [0.05, 0.1) is 16.7 Å². The molecule has 140 valence electrons. The second-order valence-corrected chi connectivity index (χ2v) is 8.06. The van der Waals surface area contributed by atoms with E-state index in [1.165, 1.54) is 22.5 Å². The van der Waals surface area contributed by atoms with Gasteiger partial charge in [-0.3, -0.25) is 4.79 Å². The van der Waals surface area contributed by atoms with Gasteiger partial charge in [0.15, 0.2) is 0 Å². The first-order chi connectivity index (χ1) is 11.6. The minimum absolute atomic E-state index is 0.107. The molecule has 0 saturated carbocycles. The molecule has 1 N–H and O–H groups in total. The lowest BCUT2D eigenvalue weighted by molar-refractivity contribution is -0.112. The first-order valence-corrected chi connectivity index (χ1v) is 9.82. The molecule has 0 bridgehead atoms. The summed E-state index contributed by atoms with van der Waals surface area (Å²) in [6, 6.07) is 4.53. The molecule has 0 radical (unpaired) electrons. The predicted octanol–water partition coefficient (Wildman–Crippen LogP) is 3.41. The van der Waals surface area contributed by atoms with Crippen molar-refractivity contribution in [2.75, 3.05) is 18.4 Å². The number of carbonyl (C=O) groups is 1. The highest BCUT2D eigenvalue weighted by atomic mass is 32.2. The summed E-state index contributed by atoms with van der Waals surface area (Å²) in [5, 5.41) is 2.71. The topological polar surface area (TPSA) is 75.7 Å². The van der Waals surface area contributed by atoms with Gasteiger partial charge >= 0.3 is 0 Å². The van der Waals surface area contributed by atoms with Gasteiger partial charge < -0.3 is 10.1 Å². The Balaban J connectivity index is 3.35. The summed E-state index contributed by atoms with van der Waals surface area (Å²) < 4.78 is 32.5. The van der Waals surface area contributed by atoms with Crippen LogP contribution >= 0.6 is 0 Å². The fraction of sp³-hybridized carbons (Fsp3) is 0.500. The van der Waals surface area contributed by atoms with Gasteiger partial charge in [0.2, 0.25) is 15.9 Å². The van der Waals surface area contributed by atoms with Crippen molar-refractivity contribution in [2.45, 2.75) is 52.5 Å². The number of sulfonamides is 1. The number of amides is 1. The molecule has 6 nitrogen and oxygen atoms in total. The maximum Gasteiger partial charge on any atom is 0.248 e. The fourth-order valence-corrected chi connectivity index (χ4v) is 3.75. The van der Waals surface area contributed by atoms with Crippen molar-refractivity contribution in [2.24, 2.45) is 0 Å². The molecule has 0 spiro atoms. The van der Waals surface area contributed by atoms with Crippen LogP contribution in [0.2, 0.25) is 0 Å². The van der Waals surface area contributed by atoms with Crippen molar-refractivity contribution in [3.63, 3.8) is 0 Å². The minimum Gasteiger partial charge on any atom is -0.489 e. The normalized spacial score (nSPS) is 11.5. The highest BCUT2D eigenvalue weighted by Gasteiger charge is 2.23. The number of allylic oxidation sites excluding steroid dienone is 1. The SMILES string of the molecule is CCN(CC)S(=O)(=O)c1ccc(OC(C)C)c(NC(=O)C=C(C)C)c1. The standard InChI is InChI=1S/C18H28N2O4S/c1-7-20(8-2)25(22,23)15-9-10-17(24-14(5)6)16(12-15)19-18(21)11-13(3)4/h9-12,14H,7-8H2,1-6H3,(H,19,21). The summed E-state index contributed by atoms with van der Waals surface area (Å²) in [7, 11) is -3.62. The summed E-state index contributed by atoms with van der Waals surface area (Å²) in [4.78, 5) is 12.2. The molecule has 0 aromatic heterocycles. The second-order valence-electron chi connectivity index (χ2n) is 6.12. The molecule has 1 rings (SSSR count). The van der Waals surface area contributed by atoms with Crippen molar-refractivity contribution in [1.82, 2.24) is 4.31 Å². The molecule has 0 aliphatic heterocycles. The molecule has 0 fully saturated rings. The van der Waals surface area contributed by atoms with E-state index in [1.807, 2.05) is 27.7 Å². The van der Waals surface area contributed by atoms with Gasteiger partial charge in [-0.25, -0.2) is 8.42 Å². The quantitative estimate of drug-likeness (QED) is 0.714. The molecule has 0 atom stereocenters. The minimum atomic E-state index is -3.62. The Hall–Kier alpha value is -1.86. The smallest absolute Gasteiger partial charge is 0.248 e. The van der Waals surface area contributed by atoms with Crippen molar-refractivity contribution in [3.8, 4) is 5.75 Å². The molecule has 7 heteroatoms. The third-order valence-corrected chi connectivity index (χ3v) is 5.38. The van der Waals surface area contributed by atoms with Crippen LogP contribution in [0.4, 0.5) is 5.69 Å². The van der Waals surface area contributed by atoms with E-state index in [0.29, 0.717) is 24.5 Å². The van der Waals surface area contributed by atoms with Crippen LogP contribution in [0.25, 0.3) is 0 Å². The van der Waals surface area contributed by atoms with E-state index in [2.05, 4.69) is 5.32 Å². The summed E-state index contributed by atoms with van der Waals surface area (Å²) in [5.74, 6) is 0.106. The van der Waals surface area contributed by atoms with E-state index in [9.17, 15) is 13.2 Å². The molecule has 1 aromatic rings. The number of hydrogen-bond acceptors (Lipinski definition) is 4. The lowest BCUT2D eigenvalue weighted by Gasteiger charge is -2.20. The summed E-state index contributed by atoms with van der Waals surface area (Å²) >= 11 is 0. The molecule has 25 heavy (non-hydrogen) atoms. The number of rotatable bonds is 8. The van der Waals surface area contributed by atoms with E-state index in [4.69, 9.17) is 4.74 Å². The molecule has 0 saturated heterocycles. The maximum absolute atomic E-state index is 12.7. The van der Waals surface area contributed by atoms with Crippen molar-refractivity contribution in [3.05, 3.63) is 29.8 Å². The number of carbonyl (C=O) groups excluding carboxylic acids is 1. The molecular weight excluding hydrogens is 340 g/mol. The van der Waals surface area contributed by atoms with Crippen molar-refractivity contribution >= 4 is 21.6 Å². The van der Waals surface area contributed by atoms with Gasteiger partial charge in [-0.05, 0) is 45.9 Å². The lowest BCUT2D eigenvalue weighted by Crippen LogP contribution is -2.30. The van der Waals surface area contributed by atoms with Crippen LogP contribution in [0.1, 0.15) is 41.5 Å². The maximum atomic E-state index is 12.7. The van der Waals surface area contributed by atoms with Gasteiger partial charge in [-0.2, -0.15) is 4.31 Å². The Kier molecular flexibility index (Phi) is 7.63. The molecular formula is C18H28N2O4S. The number of benzene rings is 1. The number of nitrogens with zero attached hydrogens (tertiary/aromatic N) is 1. The van der Waals surface area contributed by atoms with Gasteiger partial charge in [-0.15, -0.1) is 0 Å². The number of hydrogen-bond donors (Lipinski definition) is 1. The number of ether oxygens (including phenoxy) is 1. The first-order valence-electron chi connectivity index (χ1n) is 8.38. The molecule has 1 aromatic carbocycles. The molecule has 0 aliphatic carbocycles. The van der Waals surface area contributed by atoms with Crippen LogP contribution in [-0.2, 0) is 14.8 Å². The van der Waals surface area contributed by atoms with Crippen molar-refractivity contribution in [1.29, 1.82) is 0 Å². The average Bonchev–Trinajstić information content (AvgIpc) is 2.48. The monoisotopic (exact) mass is 368 g/mol. The number of anilines is 1. The largest absolute Gasteiger partial charge is 0.489 e. The van der Waals surface area contributed by atoms with E-state index >= 15 is 0 Å². The Labute approximate surface area is 150 Å². The average molecular weight is 368 g/mol. The molecule has 0 heterocycles. The van der Waals surface area contributed by atoms with Crippen LogP contribution in [0.3, 0.4) is 0 Å². The summed E-state index contributed by atoms with van der Waals surface area (Å²) in [6.45, 7) is 11.7. The zero-order valence-electron chi connectivity index (χ0n) is 15.8. The summed E-state index contributed by atoms with van der Waals surface area (Å²) in [6.07, 6.45) is 1.34. The third-order valence-electron chi connectivity index (χ3n) is 3.33. The number of nitrogens with one attached hydrogen (secondary N) is 1. The Bertz CT molecular complexity index is 731. The molecule has 0 unspecified atom stereocenters. The molecule has 0 aliphatic rings. The van der Waals surface area contributed by atoms with Crippen LogP contribution < -0.4 is 10.1 Å². The Morgan fingerprint density at radius 1 is 1.24 bits per heavy atom. The van der Waals surface area contributed by atoms with E-state index < -0.39 is 10.0 Å². The van der Waals surface area contributed by atoms with E-state index in [0.717, 1.165) is 5.57 Å². The highest BCUT2D eigenvalue weighted by Crippen LogP contribution is 2.30. The van der Waals surface area contributed by atoms with Crippen LogP contribution in [0, 0.1) is 0 Å². The summed E-state index contributed by atoms with van der Waals surface area (Å²) in [5.41, 5.74) is 1.18. The van der Waals surface area contributed by atoms with Crippen molar-refractivity contribution < 1.29 is 17.9 Å². The molecule has 1 amide bonds. The fourth-order valence-electron chi connectivity index (χ4n) is 2.27. The van der Waals surface area contributed by atoms with Gasteiger partial charge in [0.1, 0.15) is 5.75 Å². The Morgan fingerprint density at radius 2 is 1.84 bits per heavy atom. The third kappa shape index (κ3) is 5.86. The second kappa shape index (κ2) is 9.01. The zero-order chi connectivity index (χ0) is 19.2. The van der Waals surface area contributed by atoms with E-state index in [1.54, 1.807) is 19.9 Å². The van der Waals surface area contributed by atoms with Crippen LogP contribution in [-0.4, -0.2) is 37.8 Å². The van der Waals surface area contributed by atoms with Crippen LogP contribution in [0.5, 0.6) is 5.75 Å². The van der Waals surface area contributed by atoms with Gasteiger partial charge in [0, 0.05) is 19.2 Å². The van der Waals surface area contributed by atoms with Gasteiger partial charge in [-0.1, -0.05) is 19.4 Å². The predicted molar refractivity (Wildman–Crippen MR) is 100 cm³/mol. The van der Waals surface area contributed by atoms with E-state index in [-0.39, 0.29) is 16.9 Å².